The van der Waals surface area contributed by atoms with Gasteiger partial charge in [0.05, 0.1) is 6.26 Å². The van der Waals surface area contributed by atoms with Gasteiger partial charge in [-0.1, -0.05) is 36.9 Å². The fraction of sp³-hybridized carbons (Fsp3) is 0.750. The number of piperidine rings is 1. The normalized spacial score (nSPS) is 17.8. The lowest BCUT2D eigenvalue weighted by atomic mass is 9.97. The van der Waals surface area contributed by atoms with E-state index in [-0.39, 0.29) is 11.8 Å². The van der Waals surface area contributed by atoms with Crippen molar-refractivity contribution < 1.29 is 13.2 Å². The largest absolute Gasteiger partial charge is 0.300 e. The van der Waals surface area contributed by atoms with E-state index in [9.17, 15) is 13.2 Å². The SMILES string of the molecule is CC(C)Sc1nnc(NC(=O)C2CCN(S(C)(=O)=O)CC2)s1. The molecule has 7 nitrogen and oxygen atoms in total. The molecule has 1 amide bonds. The van der Waals surface area contributed by atoms with E-state index in [1.165, 1.54) is 21.9 Å². The Labute approximate surface area is 138 Å². The van der Waals surface area contributed by atoms with Gasteiger partial charge in [0.25, 0.3) is 0 Å². The fourth-order valence-electron chi connectivity index (χ4n) is 2.17. The maximum atomic E-state index is 12.2. The smallest absolute Gasteiger partial charge is 0.229 e. The number of aromatic nitrogens is 2. The van der Waals surface area contributed by atoms with Crippen LogP contribution in [0.5, 0.6) is 0 Å². The molecule has 0 spiro atoms. The third kappa shape index (κ3) is 4.90. The van der Waals surface area contributed by atoms with E-state index in [4.69, 9.17) is 0 Å². The van der Waals surface area contributed by atoms with Gasteiger partial charge in [0, 0.05) is 24.3 Å². The van der Waals surface area contributed by atoms with Gasteiger partial charge < -0.3 is 5.32 Å². The molecule has 2 rings (SSSR count). The highest BCUT2D eigenvalue weighted by molar-refractivity contribution is 8.01. The highest BCUT2D eigenvalue weighted by Gasteiger charge is 2.29. The lowest BCUT2D eigenvalue weighted by molar-refractivity contribution is -0.120. The summed E-state index contributed by atoms with van der Waals surface area (Å²) in [6, 6.07) is 0. The van der Waals surface area contributed by atoms with Gasteiger partial charge in [0.1, 0.15) is 0 Å². The molecule has 0 bridgehead atoms. The zero-order valence-corrected chi connectivity index (χ0v) is 15.2. The second-order valence-corrected chi connectivity index (χ2v) is 10.2. The quantitative estimate of drug-likeness (QED) is 0.631. The minimum Gasteiger partial charge on any atom is -0.300 e. The molecule has 22 heavy (non-hydrogen) atoms. The number of rotatable bonds is 5. The Hall–Kier alpha value is -0.710. The molecule has 1 aromatic rings. The third-order valence-corrected chi connectivity index (χ3v) is 6.50. The summed E-state index contributed by atoms with van der Waals surface area (Å²) in [5, 5.41) is 11.7. The van der Waals surface area contributed by atoms with Crippen molar-refractivity contribution in [1.82, 2.24) is 14.5 Å². The van der Waals surface area contributed by atoms with Gasteiger partial charge in [-0.3, -0.25) is 4.79 Å². The molecule has 0 aliphatic carbocycles. The van der Waals surface area contributed by atoms with Crippen LogP contribution >= 0.6 is 23.1 Å². The van der Waals surface area contributed by atoms with E-state index in [0.29, 0.717) is 36.3 Å². The molecule has 1 fully saturated rings. The lowest BCUT2D eigenvalue weighted by Gasteiger charge is -2.29. The number of sulfonamides is 1. The van der Waals surface area contributed by atoms with Crippen LogP contribution in [0.3, 0.4) is 0 Å². The summed E-state index contributed by atoms with van der Waals surface area (Å²) in [7, 11) is -3.16. The predicted molar refractivity (Wildman–Crippen MR) is 88.7 cm³/mol. The van der Waals surface area contributed by atoms with Crippen molar-refractivity contribution in [3.8, 4) is 0 Å². The predicted octanol–water partition coefficient (Wildman–Crippen LogP) is 1.65. The Bertz CT molecular complexity index is 621. The summed E-state index contributed by atoms with van der Waals surface area (Å²) in [4.78, 5) is 12.2. The highest BCUT2D eigenvalue weighted by atomic mass is 32.2. The van der Waals surface area contributed by atoms with E-state index in [0.717, 1.165) is 4.34 Å². The van der Waals surface area contributed by atoms with Gasteiger partial charge in [0.2, 0.25) is 21.1 Å². The number of thioether (sulfide) groups is 1. The van der Waals surface area contributed by atoms with Gasteiger partial charge in [-0.05, 0) is 12.8 Å². The van der Waals surface area contributed by atoms with Crippen molar-refractivity contribution in [2.24, 2.45) is 5.92 Å². The second kappa shape index (κ2) is 7.24. The first kappa shape index (κ1) is 17.6. The monoisotopic (exact) mass is 364 g/mol. The van der Waals surface area contributed by atoms with Gasteiger partial charge in [-0.2, -0.15) is 0 Å². The third-order valence-electron chi connectivity index (χ3n) is 3.27. The molecular weight excluding hydrogens is 344 g/mol. The number of carbonyl (C=O) groups is 1. The van der Waals surface area contributed by atoms with Crippen LogP contribution in [0.4, 0.5) is 5.13 Å². The van der Waals surface area contributed by atoms with Gasteiger partial charge in [-0.25, -0.2) is 12.7 Å². The Morgan fingerprint density at radius 1 is 1.36 bits per heavy atom. The van der Waals surface area contributed by atoms with Crippen LogP contribution in [0, 0.1) is 5.92 Å². The molecule has 10 heteroatoms. The van der Waals surface area contributed by atoms with Crippen molar-refractivity contribution in [1.29, 1.82) is 0 Å². The minimum atomic E-state index is -3.16. The number of amides is 1. The molecule has 1 aromatic heterocycles. The molecule has 124 valence electrons. The fourth-order valence-corrected chi connectivity index (χ4v) is 5.02. The van der Waals surface area contributed by atoms with Crippen LogP contribution in [0.15, 0.2) is 4.34 Å². The first-order valence-electron chi connectivity index (χ1n) is 7.02. The van der Waals surface area contributed by atoms with Crippen LogP contribution < -0.4 is 5.32 Å². The number of carbonyl (C=O) groups excluding carboxylic acids is 1. The van der Waals surface area contributed by atoms with Crippen molar-refractivity contribution in [2.45, 2.75) is 36.3 Å². The van der Waals surface area contributed by atoms with Gasteiger partial charge >= 0.3 is 0 Å². The number of nitrogens with zero attached hydrogens (tertiary/aromatic N) is 3. The maximum Gasteiger partial charge on any atom is 0.229 e. The molecule has 1 aliphatic rings. The molecule has 1 saturated heterocycles. The summed E-state index contributed by atoms with van der Waals surface area (Å²) in [5.74, 6) is -0.284. The minimum absolute atomic E-state index is 0.106. The molecule has 1 N–H and O–H groups in total. The first-order chi connectivity index (χ1) is 10.3. The Kier molecular flexibility index (Phi) is 5.81. The molecular formula is C12H20N4O3S3. The molecule has 0 atom stereocenters. The number of hydrogen-bond acceptors (Lipinski definition) is 7. The second-order valence-electron chi connectivity index (χ2n) is 5.47. The zero-order chi connectivity index (χ0) is 16.3. The molecule has 0 saturated carbocycles. The van der Waals surface area contributed by atoms with Crippen molar-refractivity contribution in [3.05, 3.63) is 0 Å². The highest BCUT2D eigenvalue weighted by Crippen LogP contribution is 2.29. The molecule has 0 aromatic carbocycles. The zero-order valence-electron chi connectivity index (χ0n) is 12.8. The first-order valence-corrected chi connectivity index (χ1v) is 10.6. The van der Waals surface area contributed by atoms with Crippen LogP contribution in [0.1, 0.15) is 26.7 Å². The maximum absolute atomic E-state index is 12.2. The Morgan fingerprint density at radius 2 is 2.00 bits per heavy atom. The van der Waals surface area contributed by atoms with Crippen LogP contribution in [-0.2, 0) is 14.8 Å². The average molecular weight is 365 g/mol. The number of anilines is 1. The van der Waals surface area contributed by atoms with Crippen molar-refractivity contribution in [3.63, 3.8) is 0 Å². The molecule has 0 radical (unpaired) electrons. The summed E-state index contributed by atoms with van der Waals surface area (Å²) in [6.45, 7) is 4.92. The van der Waals surface area contributed by atoms with E-state index in [1.54, 1.807) is 11.8 Å². The van der Waals surface area contributed by atoms with E-state index < -0.39 is 10.0 Å². The van der Waals surface area contributed by atoms with Crippen molar-refractivity contribution >= 4 is 44.2 Å². The summed E-state index contributed by atoms with van der Waals surface area (Å²) < 4.78 is 25.1. The number of hydrogen-bond donors (Lipinski definition) is 1. The molecule has 1 aliphatic heterocycles. The standard InChI is InChI=1S/C12H20N4O3S3/c1-8(2)20-12-15-14-11(21-12)13-10(17)9-4-6-16(7-5-9)22(3,18)19/h8-9H,4-7H2,1-3H3,(H,13,14,17). The van der Waals surface area contributed by atoms with E-state index >= 15 is 0 Å². The Balaban J connectivity index is 1.87. The molecule has 2 heterocycles. The average Bonchev–Trinajstić information content (AvgIpc) is 2.84. The summed E-state index contributed by atoms with van der Waals surface area (Å²) >= 11 is 2.97. The molecule has 0 unspecified atom stereocenters. The van der Waals surface area contributed by atoms with Crippen molar-refractivity contribution in [2.75, 3.05) is 24.7 Å². The Morgan fingerprint density at radius 3 is 2.55 bits per heavy atom. The number of nitrogens with one attached hydrogen (secondary N) is 1. The van der Waals surface area contributed by atoms with Gasteiger partial charge in [-0.15, -0.1) is 10.2 Å². The van der Waals surface area contributed by atoms with E-state index in [2.05, 4.69) is 29.4 Å². The van der Waals surface area contributed by atoms with E-state index in [1.807, 2.05) is 0 Å². The summed E-state index contributed by atoms with van der Waals surface area (Å²) in [6.07, 6.45) is 2.26. The summed E-state index contributed by atoms with van der Waals surface area (Å²) in [5.41, 5.74) is 0. The van der Waals surface area contributed by atoms with Crippen LogP contribution in [-0.4, -0.2) is 53.4 Å². The van der Waals surface area contributed by atoms with Gasteiger partial charge in [0.15, 0.2) is 4.34 Å². The van der Waals surface area contributed by atoms with Crippen LogP contribution in [0.2, 0.25) is 0 Å². The topological polar surface area (TPSA) is 92.3 Å². The lowest BCUT2D eigenvalue weighted by Crippen LogP contribution is -2.40. The van der Waals surface area contributed by atoms with Crippen LogP contribution in [0.25, 0.3) is 0 Å².